The van der Waals surface area contributed by atoms with Crippen molar-refractivity contribution in [3.05, 3.63) is 11.8 Å². The number of rotatable bonds is 1. The zero-order valence-electron chi connectivity index (χ0n) is 15.8. The van der Waals surface area contributed by atoms with Crippen molar-refractivity contribution in [3.63, 3.8) is 0 Å². The summed E-state index contributed by atoms with van der Waals surface area (Å²) in [7, 11) is 1.53. The number of amides is 1. The van der Waals surface area contributed by atoms with Gasteiger partial charge in [-0.3, -0.25) is 9.59 Å². The zero-order valence-corrected chi connectivity index (χ0v) is 15.8. The van der Waals surface area contributed by atoms with Crippen LogP contribution < -0.4 is 5.32 Å². The second kappa shape index (κ2) is 5.85. The second-order valence-electron chi connectivity index (χ2n) is 9.25. The molecule has 138 valence electrons. The molecule has 4 rings (SSSR count). The number of methoxy groups -OCH3 is 1. The molecule has 3 unspecified atom stereocenters. The van der Waals surface area contributed by atoms with Gasteiger partial charge in [-0.25, -0.2) is 0 Å². The molecule has 1 heterocycles. The smallest absolute Gasteiger partial charge is 0.309 e. The quantitative estimate of drug-likeness (QED) is 0.735. The first-order valence-electron chi connectivity index (χ1n) is 9.98. The van der Waals surface area contributed by atoms with Crippen molar-refractivity contribution < 1.29 is 14.3 Å². The first kappa shape index (κ1) is 17.1. The molecule has 0 spiro atoms. The first-order chi connectivity index (χ1) is 11.9. The third-order valence-electron chi connectivity index (χ3n) is 8.34. The van der Waals surface area contributed by atoms with Gasteiger partial charge in [-0.15, -0.1) is 0 Å². The van der Waals surface area contributed by atoms with E-state index in [-0.39, 0.29) is 28.6 Å². The van der Waals surface area contributed by atoms with E-state index in [0.29, 0.717) is 24.2 Å². The van der Waals surface area contributed by atoms with Crippen molar-refractivity contribution in [3.8, 4) is 0 Å². The molecule has 1 amide bonds. The van der Waals surface area contributed by atoms with Crippen LogP contribution in [0.25, 0.3) is 0 Å². The van der Waals surface area contributed by atoms with Crippen LogP contribution in [0.4, 0.5) is 0 Å². The van der Waals surface area contributed by atoms with Gasteiger partial charge in [0.15, 0.2) is 0 Å². The third-order valence-corrected chi connectivity index (χ3v) is 8.34. The lowest BCUT2D eigenvalue weighted by atomic mass is 9.45. The Balaban J connectivity index is 1.67. The molecule has 1 saturated heterocycles. The summed E-state index contributed by atoms with van der Waals surface area (Å²) in [5.74, 6) is 2.08. The lowest BCUT2D eigenvalue weighted by Gasteiger charge is -2.60. The Labute approximate surface area is 150 Å². The molecule has 1 N–H and O–H groups in total. The predicted molar refractivity (Wildman–Crippen MR) is 95.4 cm³/mol. The van der Waals surface area contributed by atoms with Crippen LogP contribution in [0, 0.1) is 34.5 Å². The Hall–Kier alpha value is -1.32. The van der Waals surface area contributed by atoms with Crippen LogP contribution in [0.2, 0.25) is 0 Å². The second-order valence-corrected chi connectivity index (χ2v) is 9.25. The van der Waals surface area contributed by atoms with Crippen LogP contribution in [0.5, 0.6) is 0 Å². The molecule has 4 aliphatic rings. The molecule has 2 saturated carbocycles. The predicted octanol–water partition coefficient (Wildman–Crippen LogP) is 3.81. The highest BCUT2D eigenvalue weighted by molar-refractivity contribution is 5.79. The van der Waals surface area contributed by atoms with E-state index in [1.807, 2.05) is 0 Å². The van der Waals surface area contributed by atoms with Crippen LogP contribution in [0.3, 0.4) is 0 Å². The fraction of sp³-hybridized carbons (Fsp3) is 0.810. The number of carbonyl (C=O) groups is 2. The number of carbonyl (C=O) groups excluding carboxylic acids is 2. The minimum atomic E-state index is -0.00571. The number of allylic oxidation sites excluding steroid dienone is 2. The van der Waals surface area contributed by atoms with Gasteiger partial charge in [-0.1, -0.05) is 26.3 Å². The van der Waals surface area contributed by atoms with Gasteiger partial charge in [0.2, 0.25) is 5.91 Å². The molecule has 4 heteroatoms. The normalized spacial score (nSPS) is 46.0. The Morgan fingerprint density at radius 1 is 1.20 bits per heavy atom. The zero-order chi connectivity index (χ0) is 17.8. The minimum Gasteiger partial charge on any atom is -0.469 e. The Bertz CT molecular complexity index is 627. The molecule has 25 heavy (non-hydrogen) atoms. The number of piperidine rings is 1. The molecular formula is C21H31NO3. The van der Waals surface area contributed by atoms with E-state index in [1.54, 1.807) is 0 Å². The monoisotopic (exact) mass is 345 g/mol. The van der Waals surface area contributed by atoms with Crippen molar-refractivity contribution in [2.75, 3.05) is 7.11 Å². The van der Waals surface area contributed by atoms with E-state index in [1.165, 1.54) is 19.2 Å². The fourth-order valence-electron chi connectivity index (χ4n) is 6.92. The molecule has 1 aliphatic heterocycles. The number of hydrogen-bond donors (Lipinski definition) is 1. The summed E-state index contributed by atoms with van der Waals surface area (Å²) in [6.07, 6.45) is 10.6. The summed E-state index contributed by atoms with van der Waals surface area (Å²) < 4.78 is 5.16. The van der Waals surface area contributed by atoms with Gasteiger partial charge in [0.05, 0.1) is 13.0 Å². The maximum absolute atomic E-state index is 12.4. The molecule has 6 atom stereocenters. The summed E-state index contributed by atoms with van der Waals surface area (Å²) in [5, 5.41) is 3.16. The van der Waals surface area contributed by atoms with Crippen molar-refractivity contribution >= 4 is 11.9 Å². The average Bonchev–Trinajstić information content (AvgIpc) is 2.60. The molecule has 0 aromatic heterocycles. The van der Waals surface area contributed by atoms with E-state index in [9.17, 15) is 9.59 Å². The van der Waals surface area contributed by atoms with Crippen LogP contribution in [-0.2, 0) is 14.3 Å². The SMILES string of the molecule is COC(=O)[C@H]1CCCC2C3CC=C4NC(=O)CC[C@]4(C)C3CC[C@@]21C. The molecule has 4 nitrogen and oxygen atoms in total. The average molecular weight is 345 g/mol. The van der Waals surface area contributed by atoms with Gasteiger partial charge in [0.1, 0.15) is 0 Å². The van der Waals surface area contributed by atoms with E-state index < -0.39 is 0 Å². The number of ether oxygens (including phenoxy) is 1. The molecule has 0 aromatic rings. The highest BCUT2D eigenvalue weighted by Gasteiger charge is 2.58. The third kappa shape index (κ3) is 2.39. The number of fused-ring (bicyclic) bond motifs is 5. The maximum atomic E-state index is 12.4. The molecule has 3 aliphatic carbocycles. The number of esters is 1. The highest BCUT2D eigenvalue weighted by Crippen LogP contribution is 2.64. The Kier molecular flexibility index (Phi) is 4.01. The minimum absolute atomic E-state index is 0.00571. The number of hydrogen-bond acceptors (Lipinski definition) is 3. The molecule has 0 radical (unpaired) electrons. The van der Waals surface area contributed by atoms with Crippen LogP contribution in [-0.4, -0.2) is 19.0 Å². The van der Waals surface area contributed by atoms with Crippen molar-refractivity contribution in [1.82, 2.24) is 5.32 Å². The van der Waals surface area contributed by atoms with Crippen molar-refractivity contribution in [2.24, 2.45) is 34.5 Å². The standard InChI is InChI=1S/C21H31NO3/c1-20-11-9-15-13(14(20)5-4-6-16(20)19(24)25-3)7-8-17-21(15,2)12-10-18(23)22-17/h8,13-16H,4-7,9-12H2,1-3H3,(H,22,23)/t13?,14?,15?,16-,20+,21-/m1/s1. The summed E-state index contributed by atoms with van der Waals surface area (Å²) in [6, 6.07) is 0. The van der Waals surface area contributed by atoms with Crippen molar-refractivity contribution in [1.29, 1.82) is 0 Å². The summed E-state index contributed by atoms with van der Waals surface area (Å²) in [6.45, 7) is 4.71. The lowest BCUT2D eigenvalue weighted by Crippen LogP contribution is -2.56. The van der Waals surface area contributed by atoms with Gasteiger partial charge < -0.3 is 10.1 Å². The van der Waals surface area contributed by atoms with Crippen LogP contribution >= 0.6 is 0 Å². The Morgan fingerprint density at radius 3 is 2.76 bits per heavy atom. The summed E-state index contributed by atoms with van der Waals surface area (Å²) >= 11 is 0. The van der Waals surface area contributed by atoms with Gasteiger partial charge >= 0.3 is 5.97 Å². The molecular weight excluding hydrogens is 314 g/mol. The topological polar surface area (TPSA) is 55.4 Å². The van der Waals surface area contributed by atoms with E-state index in [2.05, 4.69) is 25.2 Å². The Morgan fingerprint density at radius 2 is 2.00 bits per heavy atom. The lowest BCUT2D eigenvalue weighted by molar-refractivity contribution is -0.163. The molecule has 0 aromatic carbocycles. The fourth-order valence-corrected chi connectivity index (χ4v) is 6.92. The van der Waals surface area contributed by atoms with Crippen LogP contribution in [0.15, 0.2) is 11.8 Å². The first-order valence-corrected chi connectivity index (χ1v) is 9.98. The summed E-state index contributed by atoms with van der Waals surface area (Å²) in [5.41, 5.74) is 1.36. The van der Waals surface area contributed by atoms with Gasteiger partial charge in [0.25, 0.3) is 0 Å². The van der Waals surface area contributed by atoms with Crippen LogP contribution in [0.1, 0.15) is 65.2 Å². The number of nitrogens with one attached hydrogen (secondary N) is 1. The van der Waals surface area contributed by atoms with Crippen molar-refractivity contribution in [2.45, 2.75) is 65.2 Å². The van der Waals surface area contributed by atoms with Gasteiger partial charge in [-0.2, -0.15) is 0 Å². The summed E-state index contributed by atoms with van der Waals surface area (Å²) in [4.78, 5) is 24.3. The maximum Gasteiger partial charge on any atom is 0.309 e. The van der Waals surface area contributed by atoms with E-state index in [4.69, 9.17) is 4.74 Å². The van der Waals surface area contributed by atoms with E-state index in [0.717, 1.165) is 38.5 Å². The van der Waals surface area contributed by atoms with E-state index >= 15 is 0 Å². The largest absolute Gasteiger partial charge is 0.469 e. The molecule has 3 fully saturated rings. The van der Waals surface area contributed by atoms with Gasteiger partial charge in [0, 0.05) is 17.5 Å². The highest BCUT2D eigenvalue weighted by atomic mass is 16.5. The molecule has 0 bridgehead atoms. The van der Waals surface area contributed by atoms with Gasteiger partial charge in [-0.05, 0) is 61.7 Å².